The molecule has 0 N–H and O–H groups in total. The van der Waals surface area contributed by atoms with Crippen LogP contribution in [-0.2, 0) is 0 Å². The highest BCUT2D eigenvalue weighted by molar-refractivity contribution is 7.99. The van der Waals surface area contributed by atoms with E-state index in [9.17, 15) is 0 Å². The Bertz CT molecular complexity index is 511. The average molecular weight is 272 g/mol. The zero-order chi connectivity index (χ0) is 13.7. The van der Waals surface area contributed by atoms with Crippen LogP contribution in [0.25, 0.3) is 0 Å². The molecule has 0 fully saturated rings. The first-order valence-electron chi connectivity index (χ1n) is 6.55. The molecule has 2 heteroatoms. The molecule has 0 radical (unpaired) electrons. The number of hydrogen-bond donors (Lipinski definition) is 0. The van der Waals surface area contributed by atoms with Crippen molar-refractivity contribution in [1.82, 2.24) is 0 Å². The summed E-state index contributed by atoms with van der Waals surface area (Å²) in [6, 6.07) is 14.8. The molecule has 0 atom stereocenters. The van der Waals surface area contributed by atoms with E-state index >= 15 is 0 Å². The standard InChI is InChI=1S/C17H20OS/c1-13-11-14(2)17(15(3)12-13)18-9-10-19-16-7-5-4-6-8-16/h4-8,11-12H,9-10H2,1-3H3. The number of thioether (sulfide) groups is 1. The van der Waals surface area contributed by atoms with Gasteiger partial charge in [0.15, 0.2) is 0 Å². The molecule has 0 spiro atoms. The molecule has 0 saturated carbocycles. The van der Waals surface area contributed by atoms with Gasteiger partial charge in [0.2, 0.25) is 0 Å². The van der Waals surface area contributed by atoms with Crippen molar-refractivity contribution in [2.45, 2.75) is 25.7 Å². The quantitative estimate of drug-likeness (QED) is 0.572. The third kappa shape index (κ3) is 4.03. The van der Waals surface area contributed by atoms with Gasteiger partial charge >= 0.3 is 0 Å². The smallest absolute Gasteiger partial charge is 0.125 e. The van der Waals surface area contributed by atoms with E-state index in [1.165, 1.54) is 21.6 Å². The van der Waals surface area contributed by atoms with Crippen molar-refractivity contribution in [3.63, 3.8) is 0 Å². The van der Waals surface area contributed by atoms with E-state index in [4.69, 9.17) is 4.74 Å². The zero-order valence-electron chi connectivity index (χ0n) is 11.8. The fourth-order valence-corrected chi connectivity index (χ4v) is 2.97. The molecule has 0 bridgehead atoms. The lowest BCUT2D eigenvalue weighted by Crippen LogP contribution is -2.03. The lowest BCUT2D eigenvalue weighted by molar-refractivity contribution is 0.339. The maximum atomic E-state index is 5.92. The van der Waals surface area contributed by atoms with Crippen molar-refractivity contribution in [3.8, 4) is 5.75 Å². The van der Waals surface area contributed by atoms with E-state index in [1.807, 2.05) is 17.8 Å². The minimum atomic E-state index is 0.740. The molecule has 19 heavy (non-hydrogen) atoms. The van der Waals surface area contributed by atoms with Crippen LogP contribution in [0.1, 0.15) is 16.7 Å². The van der Waals surface area contributed by atoms with Gasteiger partial charge in [0.05, 0.1) is 6.61 Å². The summed E-state index contributed by atoms with van der Waals surface area (Å²) in [5.41, 5.74) is 3.74. The second kappa shape index (κ2) is 6.67. The Labute approximate surface area is 120 Å². The van der Waals surface area contributed by atoms with Crippen molar-refractivity contribution in [3.05, 3.63) is 59.2 Å². The molecule has 0 aliphatic heterocycles. The first-order valence-corrected chi connectivity index (χ1v) is 7.54. The molecular weight excluding hydrogens is 252 g/mol. The molecule has 0 aromatic heterocycles. The van der Waals surface area contributed by atoms with Crippen LogP contribution in [-0.4, -0.2) is 12.4 Å². The Balaban J connectivity index is 1.86. The Hall–Kier alpha value is -1.41. The summed E-state index contributed by atoms with van der Waals surface area (Å²) in [5.74, 6) is 2.01. The number of benzene rings is 2. The Morgan fingerprint density at radius 3 is 2.21 bits per heavy atom. The third-order valence-corrected chi connectivity index (χ3v) is 3.92. The van der Waals surface area contributed by atoms with E-state index < -0.39 is 0 Å². The molecule has 2 aromatic carbocycles. The fourth-order valence-electron chi connectivity index (χ4n) is 2.21. The van der Waals surface area contributed by atoms with Gasteiger partial charge < -0.3 is 4.74 Å². The van der Waals surface area contributed by atoms with Gasteiger partial charge in [-0.05, 0) is 44.0 Å². The van der Waals surface area contributed by atoms with Crippen molar-refractivity contribution in [2.75, 3.05) is 12.4 Å². The van der Waals surface area contributed by atoms with Crippen molar-refractivity contribution < 1.29 is 4.74 Å². The van der Waals surface area contributed by atoms with Crippen LogP contribution in [0.15, 0.2) is 47.4 Å². The normalized spacial score (nSPS) is 10.5. The Kier molecular flexibility index (Phi) is 4.92. The van der Waals surface area contributed by atoms with Crippen LogP contribution >= 0.6 is 11.8 Å². The van der Waals surface area contributed by atoms with Gasteiger partial charge in [-0.3, -0.25) is 0 Å². The average Bonchev–Trinajstić information content (AvgIpc) is 2.38. The molecule has 100 valence electrons. The predicted molar refractivity (Wildman–Crippen MR) is 83.3 cm³/mol. The highest BCUT2D eigenvalue weighted by Crippen LogP contribution is 2.25. The summed E-state index contributed by atoms with van der Waals surface area (Å²) in [6.07, 6.45) is 0. The summed E-state index contributed by atoms with van der Waals surface area (Å²) >= 11 is 1.83. The second-order valence-corrected chi connectivity index (χ2v) is 5.91. The van der Waals surface area contributed by atoms with Crippen LogP contribution in [0.4, 0.5) is 0 Å². The summed E-state index contributed by atoms with van der Waals surface area (Å²) < 4.78 is 5.92. The lowest BCUT2D eigenvalue weighted by Gasteiger charge is -2.13. The highest BCUT2D eigenvalue weighted by Gasteiger charge is 2.04. The third-order valence-electron chi connectivity index (χ3n) is 2.95. The van der Waals surface area contributed by atoms with Gasteiger partial charge in [0.1, 0.15) is 5.75 Å². The van der Waals surface area contributed by atoms with Crippen LogP contribution in [0, 0.1) is 20.8 Å². The van der Waals surface area contributed by atoms with Crippen molar-refractivity contribution in [2.24, 2.45) is 0 Å². The summed E-state index contributed by atoms with van der Waals surface area (Å²) in [7, 11) is 0. The van der Waals surface area contributed by atoms with Gasteiger partial charge in [-0.2, -0.15) is 0 Å². The summed E-state index contributed by atoms with van der Waals surface area (Å²) in [5, 5.41) is 0. The van der Waals surface area contributed by atoms with E-state index in [-0.39, 0.29) is 0 Å². The molecule has 0 aliphatic carbocycles. The number of rotatable bonds is 5. The maximum absolute atomic E-state index is 5.92. The van der Waals surface area contributed by atoms with Crippen LogP contribution in [0.5, 0.6) is 5.75 Å². The van der Waals surface area contributed by atoms with Crippen LogP contribution in [0.2, 0.25) is 0 Å². The van der Waals surface area contributed by atoms with Gasteiger partial charge in [-0.25, -0.2) is 0 Å². The minimum absolute atomic E-state index is 0.740. The second-order valence-electron chi connectivity index (χ2n) is 4.74. The fraction of sp³-hybridized carbons (Fsp3) is 0.294. The largest absolute Gasteiger partial charge is 0.492 e. The topological polar surface area (TPSA) is 9.23 Å². The Morgan fingerprint density at radius 1 is 0.947 bits per heavy atom. The molecule has 2 rings (SSSR count). The monoisotopic (exact) mass is 272 g/mol. The van der Waals surface area contributed by atoms with Crippen LogP contribution in [0.3, 0.4) is 0 Å². The molecule has 0 saturated heterocycles. The predicted octanol–water partition coefficient (Wildman–Crippen LogP) is 4.78. The van der Waals surface area contributed by atoms with E-state index in [2.05, 4.69) is 57.2 Å². The maximum Gasteiger partial charge on any atom is 0.125 e. The van der Waals surface area contributed by atoms with Gasteiger partial charge in [0.25, 0.3) is 0 Å². The SMILES string of the molecule is Cc1cc(C)c(OCCSc2ccccc2)c(C)c1. The van der Waals surface area contributed by atoms with E-state index in [1.54, 1.807) is 0 Å². The van der Waals surface area contributed by atoms with E-state index in [0.717, 1.165) is 18.1 Å². The Morgan fingerprint density at radius 2 is 1.58 bits per heavy atom. The molecule has 0 unspecified atom stereocenters. The molecule has 0 heterocycles. The summed E-state index contributed by atoms with van der Waals surface area (Å²) in [6.45, 7) is 7.08. The molecule has 0 amide bonds. The lowest BCUT2D eigenvalue weighted by atomic mass is 10.1. The van der Waals surface area contributed by atoms with Gasteiger partial charge in [-0.1, -0.05) is 35.9 Å². The molecule has 2 aromatic rings. The summed E-state index contributed by atoms with van der Waals surface area (Å²) in [4.78, 5) is 1.29. The highest BCUT2D eigenvalue weighted by atomic mass is 32.2. The minimum Gasteiger partial charge on any atom is -0.492 e. The van der Waals surface area contributed by atoms with Gasteiger partial charge in [0, 0.05) is 10.6 Å². The molecule has 0 aliphatic rings. The zero-order valence-corrected chi connectivity index (χ0v) is 12.6. The van der Waals surface area contributed by atoms with Crippen molar-refractivity contribution >= 4 is 11.8 Å². The first kappa shape index (κ1) is 14.0. The molecule has 1 nitrogen and oxygen atoms in total. The number of hydrogen-bond acceptors (Lipinski definition) is 2. The number of ether oxygens (including phenoxy) is 1. The molecular formula is C17H20OS. The van der Waals surface area contributed by atoms with E-state index in [0.29, 0.717) is 0 Å². The number of aryl methyl sites for hydroxylation is 3. The van der Waals surface area contributed by atoms with Crippen LogP contribution < -0.4 is 4.74 Å². The van der Waals surface area contributed by atoms with Gasteiger partial charge in [-0.15, -0.1) is 11.8 Å². The first-order chi connectivity index (χ1) is 9.16. The van der Waals surface area contributed by atoms with Crippen molar-refractivity contribution in [1.29, 1.82) is 0 Å².